The molecule has 1 aromatic carbocycles. The third-order valence-corrected chi connectivity index (χ3v) is 1.45. The Labute approximate surface area is 79.3 Å². The lowest BCUT2D eigenvalue weighted by molar-refractivity contribution is 0.583. The van der Waals surface area contributed by atoms with Crippen LogP contribution in [0.25, 0.3) is 16.5 Å². The lowest BCUT2D eigenvalue weighted by Crippen LogP contribution is -1.81. The highest BCUT2D eigenvalue weighted by Gasteiger charge is 1.96. The number of azide groups is 1. The molecular weight excluding hydrogens is 188 g/mol. The van der Waals surface area contributed by atoms with Crippen LogP contribution in [0.3, 0.4) is 0 Å². The summed E-state index contributed by atoms with van der Waals surface area (Å²) in [4.78, 5) is 2.53. The Morgan fingerprint density at radius 3 is 2.50 bits per heavy atom. The minimum atomic E-state index is -0.631. The molecule has 0 unspecified atom stereocenters. The predicted molar refractivity (Wildman–Crippen MR) is 49.4 cm³/mol. The molecule has 0 saturated carbocycles. The Hall–Kier alpha value is -1.87. The molecule has 0 N–H and O–H groups in total. The summed E-state index contributed by atoms with van der Waals surface area (Å²) in [6, 6.07) is 3.18. The van der Waals surface area contributed by atoms with E-state index < -0.39 is 11.6 Å². The van der Waals surface area contributed by atoms with Crippen LogP contribution >= 0.6 is 0 Å². The minimum absolute atomic E-state index is 0.161. The molecule has 0 spiro atoms. The average Bonchev–Trinajstić information content (AvgIpc) is 2.11. The molecule has 0 bridgehead atoms. The van der Waals surface area contributed by atoms with E-state index in [9.17, 15) is 8.78 Å². The van der Waals surface area contributed by atoms with Crippen molar-refractivity contribution in [1.29, 1.82) is 0 Å². The molecule has 0 aromatic heterocycles. The number of benzene rings is 1. The molecule has 0 amide bonds. The van der Waals surface area contributed by atoms with Crippen LogP contribution in [0, 0.1) is 11.6 Å². The molecule has 0 heterocycles. The molecule has 0 aliphatic rings. The van der Waals surface area contributed by atoms with Gasteiger partial charge in [0.05, 0.1) is 0 Å². The molecule has 0 saturated heterocycles. The smallest absolute Gasteiger partial charge is 0.126 e. The van der Waals surface area contributed by atoms with Gasteiger partial charge in [-0.05, 0) is 23.2 Å². The number of hydrogen-bond donors (Lipinski definition) is 0. The Bertz CT molecular complexity index is 375. The quantitative estimate of drug-likeness (QED) is 0.403. The molecule has 14 heavy (non-hydrogen) atoms. The Balaban J connectivity index is 2.75. The van der Waals surface area contributed by atoms with Crippen LogP contribution in [0.1, 0.15) is 5.56 Å². The highest BCUT2D eigenvalue weighted by Crippen LogP contribution is 2.09. The maximum Gasteiger partial charge on any atom is 0.126 e. The van der Waals surface area contributed by atoms with Crippen LogP contribution in [0.5, 0.6) is 0 Å². The normalized spacial score (nSPS) is 10.1. The zero-order chi connectivity index (χ0) is 10.4. The summed E-state index contributed by atoms with van der Waals surface area (Å²) in [7, 11) is 0. The first-order valence-corrected chi connectivity index (χ1v) is 3.86. The van der Waals surface area contributed by atoms with Crippen molar-refractivity contribution < 1.29 is 8.78 Å². The van der Waals surface area contributed by atoms with E-state index in [-0.39, 0.29) is 6.54 Å². The summed E-state index contributed by atoms with van der Waals surface area (Å²) in [6.45, 7) is 0.161. The van der Waals surface area contributed by atoms with Crippen molar-refractivity contribution in [3.05, 3.63) is 51.9 Å². The molecule has 0 aliphatic carbocycles. The summed E-state index contributed by atoms with van der Waals surface area (Å²) in [5, 5.41) is 3.24. The van der Waals surface area contributed by atoms with Crippen molar-refractivity contribution in [3.8, 4) is 0 Å². The van der Waals surface area contributed by atoms with Gasteiger partial charge in [-0.1, -0.05) is 17.3 Å². The van der Waals surface area contributed by atoms with Gasteiger partial charge in [0.2, 0.25) is 0 Å². The Morgan fingerprint density at radius 1 is 1.29 bits per heavy atom. The van der Waals surface area contributed by atoms with E-state index in [1.807, 2.05) is 0 Å². The van der Waals surface area contributed by atoms with Gasteiger partial charge in [-0.3, -0.25) is 0 Å². The van der Waals surface area contributed by atoms with E-state index in [0.717, 1.165) is 6.07 Å². The van der Waals surface area contributed by atoms with Crippen molar-refractivity contribution in [2.24, 2.45) is 5.11 Å². The van der Waals surface area contributed by atoms with Crippen LogP contribution < -0.4 is 0 Å². The van der Waals surface area contributed by atoms with Gasteiger partial charge in [-0.15, -0.1) is 0 Å². The fourth-order valence-electron chi connectivity index (χ4n) is 0.944. The highest BCUT2D eigenvalue weighted by molar-refractivity contribution is 5.49. The predicted octanol–water partition coefficient (Wildman–Crippen LogP) is 3.29. The zero-order valence-electron chi connectivity index (χ0n) is 7.19. The summed E-state index contributed by atoms with van der Waals surface area (Å²) in [5.74, 6) is -1.26. The van der Waals surface area contributed by atoms with Crippen LogP contribution in [0.2, 0.25) is 0 Å². The van der Waals surface area contributed by atoms with E-state index >= 15 is 0 Å². The summed E-state index contributed by atoms with van der Waals surface area (Å²) in [6.07, 6.45) is 3.01. The van der Waals surface area contributed by atoms with Crippen molar-refractivity contribution >= 4 is 6.08 Å². The fourth-order valence-corrected chi connectivity index (χ4v) is 0.944. The topological polar surface area (TPSA) is 48.8 Å². The SMILES string of the molecule is [N-]=[N+]=NCC=Cc1cc(F)cc(F)c1. The van der Waals surface area contributed by atoms with E-state index in [1.54, 1.807) is 0 Å². The molecule has 0 fully saturated rings. The van der Waals surface area contributed by atoms with E-state index in [1.165, 1.54) is 24.3 Å². The molecular formula is C9H7F2N3. The second kappa shape index (κ2) is 4.99. The molecule has 0 aliphatic heterocycles. The van der Waals surface area contributed by atoms with Gasteiger partial charge < -0.3 is 0 Å². The number of hydrogen-bond acceptors (Lipinski definition) is 1. The Kier molecular flexibility index (Phi) is 3.64. The van der Waals surface area contributed by atoms with Gasteiger partial charge in [0.1, 0.15) is 11.6 Å². The third kappa shape index (κ3) is 3.25. The third-order valence-electron chi connectivity index (χ3n) is 1.45. The maximum absolute atomic E-state index is 12.6. The van der Waals surface area contributed by atoms with Crippen molar-refractivity contribution in [3.63, 3.8) is 0 Å². The van der Waals surface area contributed by atoms with Crippen molar-refractivity contribution in [2.75, 3.05) is 6.54 Å². The second-order valence-electron chi connectivity index (χ2n) is 2.52. The number of rotatable bonds is 3. The van der Waals surface area contributed by atoms with Gasteiger partial charge in [0.15, 0.2) is 0 Å². The molecule has 0 atom stereocenters. The van der Waals surface area contributed by atoms with Gasteiger partial charge in [0, 0.05) is 17.5 Å². The minimum Gasteiger partial charge on any atom is -0.207 e. The molecule has 5 heteroatoms. The molecule has 0 radical (unpaired) electrons. The summed E-state index contributed by atoms with van der Waals surface area (Å²) < 4.78 is 25.3. The van der Waals surface area contributed by atoms with E-state index in [4.69, 9.17) is 5.53 Å². The van der Waals surface area contributed by atoms with Crippen molar-refractivity contribution in [2.45, 2.75) is 0 Å². The lowest BCUT2D eigenvalue weighted by atomic mass is 10.2. The molecule has 3 nitrogen and oxygen atoms in total. The van der Waals surface area contributed by atoms with Gasteiger partial charge in [-0.25, -0.2) is 8.78 Å². The molecule has 72 valence electrons. The molecule has 1 aromatic rings. The monoisotopic (exact) mass is 195 g/mol. The van der Waals surface area contributed by atoms with Crippen LogP contribution in [0.4, 0.5) is 8.78 Å². The van der Waals surface area contributed by atoms with Gasteiger partial charge >= 0.3 is 0 Å². The molecule has 1 rings (SSSR count). The lowest BCUT2D eigenvalue weighted by Gasteiger charge is -1.94. The fraction of sp³-hybridized carbons (Fsp3) is 0.111. The highest BCUT2D eigenvalue weighted by atomic mass is 19.1. The second-order valence-corrected chi connectivity index (χ2v) is 2.52. The zero-order valence-corrected chi connectivity index (χ0v) is 7.19. The maximum atomic E-state index is 12.6. The average molecular weight is 195 g/mol. The van der Waals surface area contributed by atoms with E-state index in [2.05, 4.69) is 10.0 Å². The van der Waals surface area contributed by atoms with Gasteiger partial charge in [0.25, 0.3) is 0 Å². The first-order valence-electron chi connectivity index (χ1n) is 3.86. The first kappa shape index (κ1) is 10.2. The van der Waals surface area contributed by atoms with Crippen LogP contribution in [-0.2, 0) is 0 Å². The number of halogens is 2. The number of nitrogens with zero attached hydrogens (tertiary/aromatic N) is 3. The van der Waals surface area contributed by atoms with E-state index in [0.29, 0.717) is 5.56 Å². The summed E-state index contributed by atoms with van der Waals surface area (Å²) in [5.41, 5.74) is 8.35. The van der Waals surface area contributed by atoms with Gasteiger partial charge in [-0.2, -0.15) is 0 Å². The van der Waals surface area contributed by atoms with Crippen LogP contribution in [-0.4, -0.2) is 6.54 Å². The Morgan fingerprint density at radius 2 is 1.93 bits per heavy atom. The standard InChI is InChI=1S/C9H7F2N3/c10-8-4-7(5-9(11)6-8)2-1-3-13-14-12/h1-2,4-6H,3H2. The van der Waals surface area contributed by atoms with Crippen molar-refractivity contribution in [1.82, 2.24) is 0 Å². The van der Waals surface area contributed by atoms with Crippen LogP contribution in [0.15, 0.2) is 29.4 Å². The first-order chi connectivity index (χ1) is 6.72. The largest absolute Gasteiger partial charge is 0.207 e. The summed E-state index contributed by atoms with van der Waals surface area (Å²) >= 11 is 0.